The van der Waals surface area contributed by atoms with Crippen LogP contribution in [0.25, 0.3) is 0 Å². The molecular formula is C18H18O3. The lowest BCUT2D eigenvalue weighted by Gasteiger charge is -2.28. The van der Waals surface area contributed by atoms with Crippen molar-refractivity contribution in [2.24, 2.45) is 5.41 Å². The summed E-state index contributed by atoms with van der Waals surface area (Å²) in [7, 11) is 1.63. The van der Waals surface area contributed by atoms with Crippen LogP contribution >= 0.6 is 0 Å². The van der Waals surface area contributed by atoms with E-state index in [-0.39, 0.29) is 5.92 Å². The van der Waals surface area contributed by atoms with Crippen molar-refractivity contribution in [2.45, 2.75) is 19.3 Å². The summed E-state index contributed by atoms with van der Waals surface area (Å²) in [6.45, 7) is 1.83. The highest BCUT2D eigenvalue weighted by molar-refractivity contribution is 5.79. The molecule has 0 saturated carbocycles. The van der Waals surface area contributed by atoms with Gasteiger partial charge in [-0.2, -0.15) is 0 Å². The van der Waals surface area contributed by atoms with Crippen LogP contribution in [0.2, 0.25) is 0 Å². The molecule has 1 aliphatic carbocycles. The average molecular weight is 282 g/mol. The van der Waals surface area contributed by atoms with Gasteiger partial charge in [0, 0.05) is 5.92 Å². The van der Waals surface area contributed by atoms with Crippen LogP contribution < -0.4 is 4.74 Å². The first-order valence-corrected chi connectivity index (χ1v) is 7.01. The summed E-state index contributed by atoms with van der Waals surface area (Å²) in [6, 6.07) is 15.7. The number of ether oxygens (including phenoxy) is 1. The molecule has 0 saturated heterocycles. The Balaban J connectivity index is 2.19. The number of hydrogen-bond donors (Lipinski definition) is 1. The first-order chi connectivity index (χ1) is 10.1. The Labute approximate surface area is 124 Å². The molecule has 2 atom stereocenters. The lowest BCUT2D eigenvalue weighted by molar-refractivity contribution is -0.148. The minimum atomic E-state index is -0.823. The van der Waals surface area contributed by atoms with Gasteiger partial charge in [-0.3, -0.25) is 4.79 Å². The molecule has 1 aliphatic rings. The number of aliphatic carboxylic acids is 1. The molecule has 0 aliphatic heterocycles. The highest BCUT2D eigenvalue weighted by atomic mass is 16.5. The first-order valence-electron chi connectivity index (χ1n) is 7.01. The summed E-state index contributed by atoms with van der Waals surface area (Å²) in [5.74, 6) is -0.142. The van der Waals surface area contributed by atoms with E-state index in [2.05, 4.69) is 0 Å². The number of rotatable bonds is 3. The van der Waals surface area contributed by atoms with Gasteiger partial charge in [0.05, 0.1) is 12.5 Å². The highest BCUT2D eigenvalue weighted by Gasteiger charge is 2.49. The van der Waals surface area contributed by atoms with E-state index in [4.69, 9.17) is 4.74 Å². The number of benzene rings is 2. The summed E-state index contributed by atoms with van der Waals surface area (Å²) in [4.78, 5) is 11.9. The maximum Gasteiger partial charge on any atom is 0.310 e. The minimum absolute atomic E-state index is 0.152. The van der Waals surface area contributed by atoms with Crippen molar-refractivity contribution in [1.29, 1.82) is 0 Å². The van der Waals surface area contributed by atoms with Gasteiger partial charge in [0.25, 0.3) is 0 Å². The van der Waals surface area contributed by atoms with Crippen LogP contribution in [0.15, 0.2) is 48.5 Å². The third kappa shape index (κ3) is 2.09. The number of hydrogen-bond acceptors (Lipinski definition) is 2. The van der Waals surface area contributed by atoms with Crippen LogP contribution in [0.5, 0.6) is 5.75 Å². The van der Waals surface area contributed by atoms with Crippen LogP contribution in [0, 0.1) is 5.41 Å². The Bertz CT molecular complexity index is 678. The zero-order valence-electron chi connectivity index (χ0n) is 12.2. The van der Waals surface area contributed by atoms with E-state index in [0.29, 0.717) is 6.42 Å². The average Bonchev–Trinajstić information content (AvgIpc) is 2.80. The largest absolute Gasteiger partial charge is 0.497 e. The van der Waals surface area contributed by atoms with E-state index in [0.717, 1.165) is 22.4 Å². The number of carboxylic acids is 1. The van der Waals surface area contributed by atoms with Crippen molar-refractivity contribution in [3.05, 3.63) is 65.2 Å². The molecule has 0 fully saturated rings. The molecule has 21 heavy (non-hydrogen) atoms. The van der Waals surface area contributed by atoms with Gasteiger partial charge in [0.2, 0.25) is 0 Å². The molecule has 0 heterocycles. The number of carbonyl (C=O) groups is 1. The molecule has 2 aromatic carbocycles. The minimum Gasteiger partial charge on any atom is -0.497 e. The second-order valence-corrected chi connectivity index (χ2v) is 5.81. The van der Waals surface area contributed by atoms with Gasteiger partial charge in [0.15, 0.2) is 0 Å². The van der Waals surface area contributed by atoms with Gasteiger partial charge in [-0.05, 0) is 42.2 Å². The van der Waals surface area contributed by atoms with Gasteiger partial charge in [-0.25, -0.2) is 0 Å². The Hall–Kier alpha value is -2.29. The fourth-order valence-electron chi connectivity index (χ4n) is 3.36. The van der Waals surface area contributed by atoms with Crippen LogP contribution in [-0.2, 0) is 11.2 Å². The Morgan fingerprint density at radius 3 is 2.57 bits per heavy atom. The highest BCUT2D eigenvalue weighted by Crippen LogP contribution is 2.51. The summed E-state index contributed by atoms with van der Waals surface area (Å²) in [6.07, 6.45) is 0.543. The quantitative estimate of drug-likeness (QED) is 0.937. The lowest BCUT2D eigenvalue weighted by atomic mass is 9.74. The summed E-state index contributed by atoms with van der Waals surface area (Å²) >= 11 is 0. The molecule has 0 aromatic heterocycles. The van der Waals surface area contributed by atoms with Crippen LogP contribution in [0.3, 0.4) is 0 Å². The molecule has 3 heteroatoms. The monoisotopic (exact) mass is 282 g/mol. The number of carboxylic acid groups (broad SMARTS) is 1. The van der Waals surface area contributed by atoms with Gasteiger partial charge in [-0.1, -0.05) is 36.4 Å². The van der Waals surface area contributed by atoms with Crippen molar-refractivity contribution in [2.75, 3.05) is 7.11 Å². The van der Waals surface area contributed by atoms with Crippen LogP contribution in [0.1, 0.15) is 29.5 Å². The SMILES string of the molecule is COc1ccc2c(c1)[C@@H](c1ccccc1)[C@@](C)(C(=O)O)C2. The van der Waals surface area contributed by atoms with Crippen molar-refractivity contribution >= 4 is 5.97 Å². The summed E-state index contributed by atoms with van der Waals surface area (Å²) < 4.78 is 5.30. The second-order valence-electron chi connectivity index (χ2n) is 5.81. The maximum atomic E-state index is 11.9. The Kier molecular flexibility index (Phi) is 3.20. The molecule has 0 unspecified atom stereocenters. The topological polar surface area (TPSA) is 46.5 Å². The van der Waals surface area contributed by atoms with Crippen molar-refractivity contribution in [1.82, 2.24) is 0 Å². The Morgan fingerprint density at radius 1 is 1.24 bits per heavy atom. The molecule has 2 aromatic rings. The summed E-state index contributed by atoms with van der Waals surface area (Å²) in [5.41, 5.74) is 2.37. The van der Waals surface area contributed by atoms with E-state index in [1.165, 1.54) is 0 Å². The predicted octanol–water partition coefficient (Wildman–Crippen LogP) is 3.47. The normalized spacial score (nSPS) is 23.6. The van der Waals surface area contributed by atoms with E-state index < -0.39 is 11.4 Å². The van der Waals surface area contributed by atoms with Crippen LogP contribution in [0.4, 0.5) is 0 Å². The van der Waals surface area contributed by atoms with Gasteiger partial charge < -0.3 is 9.84 Å². The fourth-order valence-corrected chi connectivity index (χ4v) is 3.36. The van der Waals surface area contributed by atoms with Gasteiger partial charge in [-0.15, -0.1) is 0 Å². The van der Waals surface area contributed by atoms with Crippen molar-refractivity contribution in [3.63, 3.8) is 0 Å². The maximum absolute atomic E-state index is 11.9. The third-order valence-electron chi connectivity index (χ3n) is 4.48. The van der Waals surface area contributed by atoms with E-state index in [1.54, 1.807) is 7.11 Å². The predicted molar refractivity (Wildman–Crippen MR) is 80.7 cm³/mol. The number of methoxy groups -OCH3 is 1. The molecule has 0 spiro atoms. The Morgan fingerprint density at radius 2 is 1.95 bits per heavy atom. The van der Waals surface area contributed by atoms with Crippen LogP contribution in [-0.4, -0.2) is 18.2 Å². The standard InChI is InChI=1S/C18H18O3/c1-18(17(19)20)11-13-8-9-14(21-2)10-15(13)16(18)12-6-4-3-5-7-12/h3-10,16H,11H2,1-2H3,(H,19,20)/t16-,18+/m1/s1. The molecule has 108 valence electrons. The molecule has 0 radical (unpaired) electrons. The summed E-state index contributed by atoms with van der Waals surface area (Å²) in [5, 5.41) is 9.77. The second kappa shape index (κ2) is 4.92. The lowest BCUT2D eigenvalue weighted by Crippen LogP contribution is -2.32. The van der Waals surface area contributed by atoms with Gasteiger partial charge in [0.1, 0.15) is 5.75 Å². The molecular weight excluding hydrogens is 264 g/mol. The molecule has 1 N–H and O–H groups in total. The molecule has 3 nitrogen and oxygen atoms in total. The first kappa shape index (κ1) is 13.7. The van der Waals surface area contributed by atoms with E-state index in [9.17, 15) is 9.90 Å². The number of fused-ring (bicyclic) bond motifs is 1. The van der Waals surface area contributed by atoms with Gasteiger partial charge >= 0.3 is 5.97 Å². The zero-order chi connectivity index (χ0) is 15.0. The van der Waals surface area contributed by atoms with Crippen molar-refractivity contribution in [3.8, 4) is 5.75 Å². The molecule has 0 amide bonds. The molecule has 0 bridgehead atoms. The van der Waals surface area contributed by atoms with E-state index in [1.807, 2.05) is 55.5 Å². The fraction of sp³-hybridized carbons (Fsp3) is 0.278. The van der Waals surface area contributed by atoms with E-state index >= 15 is 0 Å². The molecule has 3 rings (SSSR count). The smallest absolute Gasteiger partial charge is 0.310 e. The zero-order valence-corrected chi connectivity index (χ0v) is 12.2. The third-order valence-corrected chi connectivity index (χ3v) is 4.48. The van der Waals surface area contributed by atoms with Crippen molar-refractivity contribution < 1.29 is 14.6 Å².